The number of nitrogens with one attached hydrogen (secondary N) is 1. The molecule has 0 aliphatic rings. The third-order valence-electron chi connectivity index (χ3n) is 3.05. The van der Waals surface area contributed by atoms with Crippen molar-refractivity contribution < 1.29 is 9.53 Å². The van der Waals surface area contributed by atoms with Crippen molar-refractivity contribution in [1.82, 2.24) is 5.32 Å². The Morgan fingerprint density at radius 2 is 1.95 bits per heavy atom. The van der Waals surface area contributed by atoms with Gasteiger partial charge in [0.15, 0.2) is 0 Å². The van der Waals surface area contributed by atoms with Gasteiger partial charge in [-0.25, -0.2) is 0 Å². The maximum Gasteiger partial charge on any atom is 0.305 e. The zero-order valence-electron chi connectivity index (χ0n) is 12.2. The molecule has 0 aliphatic carbocycles. The fraction of sp³-hybridized carbons (Fsp3) is 0.562. The quantitative estimate of drug-likeness (QED) is 0.577. The van der Waals surface area contributed by atoms with Crippen LogP contribution in [0.1, 0.15) is 45.2 Å². The maximum atomic E-state index is 11.2. The van der Waals surface area contributed by atoms with E-state index in [1.807, 2.05) is 13.0 Å². The Labute approximate surface area is 116 Å². The van der Waals surface area contributed by atoms with Gasteiger partial charge in [-0.05, 0) is 31.4 Å². The lowest BCUT2D eigenvalue weighted by Crippen LogP contribution is -2.27. The number of benzene rings is 1. The fourth-order valence-corrected chi connectivity index (χ4v) is 2.12. The van der Waals surface area contributed by atoms with Gasteiger partial charge < -0.3 is 10.1 Å². The van der Waals surface area contributed by atoms with E-state index in [4.69, 9.17) is 4.74 Å². The topological polar surface area (TPSA) is 38.3 Å². The minimum Gasteiger partial charge on any atom is -0.466 e. The van der Waals surface area contributed by atoms with Crippen molar-refractivity contribution in [2.75, 3.05) is 13.2 Å². The van der Waals surface area contributed by atoms with Crippen LogP contribution in [0.2, 0.25) is 0 Å². The highest BCUT2D eigenvalue weighted by molar-refractivity contribution is 5.69. The second-order valence-corrected chi connectivity index (χ2v) is 5.00. The van der Waals surface area contributed by atoms with Crippen LogP contribution in [0.25, 0.3) is 0 Å². The summed E-state index contributed by atoms with van der Waals surface area (Å²) in [5.41, 5.74) is 1.30. The molecule has 1 N–H and O–H groups in total. The summed E-state index contributed by atoms with van der Waals surface area (Å²) in [4.78, 5) is 11.2. The minimum absolute atomic E-state index is 0.106. The van der Waals surface area contributed by atoms with Crippen LogP contribution in [-0.4, -0.2) is 19.1 Å². The normalized spacial score (nSPS) is 12.4. The molecule has 0 bridgehead atoms. The molecule has 0 aromatic heterocycles. The zero-order chi connectivity index (χ0) is 14.1. The predicted octanol–water partition coefficient (Wildman–Crippen LogP) is 3.32. The van der Waals surface area contributed by atoms with Crippen LogP contribution in [0, 0.1) is 5.92 Å². The average molecular weight is 263 g/mol. The molecule has 1 aromatic carbocycles. The lowest BCUT2D eigenvalue weighted by molar-refractivity contribution is -0.143. The van der Waals surface area contributed by atoms with Crippen LogP contribution in [0.4, 0.5) is 0 Å². The molecule has 0 saturated carbocycles. The van der Waals surface area contributed by atoms with Gasteiger partial charge >= 0.3 is 5.97 Å². The smallest absolute Gasteiger partial charge is 0.305 e. The Kier molecular flexibility index (Phi) is 7.19. The Balaban J connectivity index is 2.38. The van der Waals surface area contributed by atoms with Crippen molar-refractivity contribution >= 4 is 5.97 Å². The molecule has 0 amide bonds. The van der Waals surface area contributed by atoms with Gasteiger partial charge in [0.1, 0.15) is 0 Å². The highest BCUT2D eigenvalue weighted by Crippen LogP contribution is 2.21. The van der Waals surface area contributed by atoms with Crippen LogP contribution in [0.15, 0.2) is 30.3 Å². The fourth-order valence-electron chi connectivity index (χ4n) is 2.12. The van der Waals surface area contributed by atoms with Gasteiger partial charge in [-0.3, -0.25) is 4.79 Å². The molecular weight excluding hydrogens is 238 g/mol. The molecule has 0 spiro atoms. The lowest BCUT2D eigenvalue weighted by atomic mass is 9.96. The van der Waals surface area contributed by atoms with E-state index < -0.39 is 0 Å². The summed E-state index contributed by atoms with van der Waals surface area (Å²) in [7, 11) is 0. The summed E-state index contributed by atoms with van der Waals surface area (Å²) in [5, 5.41) is 3.53. The van der Waals surface area contributed by atoms with E-state index in [9.17, 15) is 4.79 Å². The Morgan fingerprint density at radius 1 is 1.26 bits per heavy atom. The summed E-state index contributed by atoms with van der Waals surface area (Å²) in [6.07, 6.45) is 1.30. The number of carbonyl (C=O) groups excluding carboxylic acids is 1. The molecule has 3 nitrogen and oxygen atoms in total. The van der Waals surface area contributed by atoms with Crippen molar-refractivity contribution in [2.45, 2.75) is 39.7 Å². The summed E-state index contributed by atoms with van der Waals surface area (Å²) in [6.45, 7) is 7.54. The molecule has 0 radical (unpaired) electrons. The monoisotopic (exact) mass is 263 g/mol. The molecule has 1 rings (SSSR count). The Hall–Kier alpha value is -1.35. The molecule has 3 heteroatoms. The summed E-state index contributed by atoms with van der Waals surface area (Å²) in [6, 6.07) is 10.8. The zero-order valence-corrected chi connectivity index (χ0v) is 12.2. The van der Waals surface area contributed by atoms with E-state index in [1.54, 1.807) is 0 Å². The van der Waals surface area contributed by atoms with E-state index in [-0.39, 0.29) is 5.97 Å². The van der Waals surface area contributed by atoms with Crippen LogP contribution in [-0.2, 0) is 9.53 Å². The lowest BCUT2D eigenvalue weighted by Gasteiger charge is -2.23. The first-order valence-electron chi connectivity index (χ1n) is 7.09. The SMILES string of the molecule is CCOC(=O)CCCNC(c1ccccc1)C(C)C. The number of ether oxygens (including phenoxy) is 1. The van der Waals surface area contributed by atoms with Gasteiger partial charge in [0.2, 0.25) is 0 Å². The highest BCUT2D eigenvalue weighted by Gasteiger charge is 2.14. The van der Waals surface area contributed by atoms with Crippen molar-refractivity contribution in [1.29, 1.82) is 0 Å². The van der Waals surface area contributed by atoms with E-state index in [2.05, 4.69) is 43.4 Å². The third-order valence-corrected chi connectivity index (χ3v) is 3.05. The minimum atomic E-state index is -0.106. The van der Waals surface area contributed by atoms with Crippen molar-refractivity contribution in [3.05, 3.63) is 35.9 Å². The second-order valence-electron chi connectivity index (χ2n) is 5.00. The van der Waals surface area contributed by atoms with Crippen molar-refractivity contribution in [3.63, 3.8) is 0 Å². The number of hydrogen-bond donors (Lipinski definition) is 1. The number of rotatable bonds is 8. The van der Waals surface area contributed by atoms with Crippen molar-refractivity contribution in [2.24, 2.45) is 5.92 Å². The van der Waals surface area contributed by atoms with Crippen LogP contribution < -0.4 is 5.32 Å². The average Bonchev–Trinajstić information content (AvgIpc) is 2.39. The number of hydrogen-bond acceptors (Lipinski definition) is 3. The Bertz CT molecular complexity index is 362. The van der Waals surface area contributed by atoms with Gasteiger partial charge in [-0.15, -0.1) is 0 Å². The first kappa shape index (κ1) is 15.7. The molecule has 1 atom stereocenters. The molecule has 1 unspecified atom stereocenters. The maximum absolute atomic E-state index is 11.2. The summed E-state index contributed by atoms with van der Waals surface area (Å²) in [5.74, 6) is 0.412. The van der Waals surface area contributed by atoms with Crippen molar-refractivity contribution in [3.8, 4) is 0 Å². The third kappa shape index (κ3) is 5.88. The highest BCUT2D eigenvalue weighted by atomic mass is 16.5. The predicted molar refractivity (Wildman–Crippen MR) is 77.9 cm³/mol. The molecule has 106 valence electrons. The van der Waals surface area contributed by atoms with E-state index in [0.29, 0.717) is 25.0 Å². The molecule has 0 saturated heterocycles. The van der Waals surface area contributed by atoms with Crippen LogP contribution >= 0.6 is 0 Å². The van der Waals surface area contributed by atoms with Gasteiger partial charge in [-0.2, -0.15) is 0 Å². The summed E-state index contributed by atoms with van der Waals surface area (Å²) >= 11 is 0. The van der Waals surface area contributed by atoms with Gasteiger partial charge in [0.05, 0.1) is 6.61 Å². The van der Waals surface area contributed by atoms with Gasteiger partial charge in [-0.1, -0.05) is 44.2 Å². The van der Waals surface area contributed by atoms with Crippen LogP contribution in [0.3, 0.4) is 0 Å². The van der Waals surface area contributed by atoms with E-state index in [1.165, 1.54) is 5.56 Å². The number of carbonyl (C=O) groups is 1. The Morgan fingerprint density at radius 3 is 2.53 bits per heavy atom. The van der Waals surface area contributed by atoms with Gasteiger partial charge in [0.25, 0.3) is 0 Å². The van der Waals surface area contributed by atoms with Gasteiger partial charge in [0, 0.05) is 12.5 Å². The van der Waals surface area contributed by atoms with E-state index in [0.717, 1.165) is 13.0 Å². The molecule has 1 aromatic rings. The second kappa shape index (κ2) is 8.70. The number of esters is 1. The molecule has 0 heterocycles. The molecule has 0 aliphatic heterocycles. The molecular formula is C16H25NO2. The summed E-state index contributed by atoms with van der Waals surface area (Å²) < 4.78 is 4.91. The first-order valence-corrected chi connectivity index (χ1v) is 7.09. The first-order chi connectivity index (χ1) is 9.15. The standard InChI is InChI=1S/C16H25NO2/c1-4-19-15(18)11-8-12-17-16(13(2)3)14-9-6-5-7-10-14/h5-7,9-10,13,16-17H,4,8,11-12H2,1-3H3. The largest absolute Gasteiger partial charge is 0.466 e. The van der Waals surface area contributed by atoms with Crippen LogP contribution in [0.5, 0.6) is 0 Å². The van der Waals surface area contributed by atoms with E-state index >= 15 is 0 Å². The molecule has 0 fully saturated rings. The molecule has 19 heavy (non-hydrogen) atoms.